The first kappa shape index (κ1) is 57.8. The predicted molar refractivity (Wildman–Crippen MR) is 245 cm³/mol. The van der Waals surface area contributed by atoms with Gasteiger partial charge in [0.25, 0.3) is 7.82 Å². The van der Waals surface area contributed by atoms with Gasteiger partial charge in [-0.05, 0) is 38.5 Å². The van der Waals surface area contributed by atoms with Crippen LogP contribution in [-0.2, 0) is 32.7 Å². The summed E-state index contributed by atoms with van der Waals surface area (Å²) in [6.45, 7) is 4.26. The number of rotatable bonds is 46. The number of ether oxygens (including phenoxy) is 2. The van der Waals surface area contributed by atoms with Crippen molar-refractivity contribution in [2.24, 2.45) is 0 Å². The summed E-state index contributed by atoms with van der Waals surface area (Å²) in [4.78, 5) is 37.7. The number of allylic oxidation sites excluding steroid dienone is 2. The van der Waals surface area contributed by atoms with Crippen molar-refractivity contribution in [1.29, 1.82) is 0 Å². The molecule has 0 fully saturated rings. The zero-order valence-electron chi connectivity index (χ0n) is 39.5. The van der Waals surface area contributed by atoms with Crippen LogP contribution in [0, 0.1) is 0 Å². The lowest BCUT2D eigenvalue weighted by Gasteiger charge is -2.28. The summed E-state index contributed by atoms with van der Waals surface area (Å²) < 4.78 is 34.0. The molecule has 0 rings (SSSR count). The first-order valence-electron chi connectivity index (χ1n) is 24.9. The molecular formula is C49H96NO8P. The summed E-state index contributed by atoms with van der Waals surface area (Å²) in [5.74, 6) is -0.825. The highest BCUT2D eigenvalue weighted by Crippen LogP contribution is 2.38. The standard InChI is InChI=1S/C49H96NO8P/c1-6-8-10-12-14-16-18-20-22-24-26-28-30-32-34-36-38-40-42-49(52)58-47(46-57-59(53,54)56-44-43-50(3,4)5)45-55-48(51)41-39-37-35-33-31-29-27-25-23-21-19-17-15-13-11-9-7-2/h21,23,47H,6-20,22,24-46H2,1-5H3/b23-21-/t47-/m1/s1. The van der Waals surface area contributed by atoms with E-state index in [-0.39, 0.29) is 32.0 Å². The average molecular weight is 858 g/mol. The molecule has 0 spiro atoms. The van der Waals surface area contributed by atoms with Crippen LogP contribution >= 0.6 is 7.82 Å². The third kappa shape index (κ3) is 46.1. The van der Waals surface area contributed by atoms with E-state index in [9.17, 15) is 19.0 Å². The van der Waals surface area contributed by atoms with Crippen molar-refractivity contribution in [3.8, 4) is 0 Å². The van der Waals surface area contributed by atoms with Gasteiger partial charge in [-0.15, -0.1) is 0 Å². The molecule has 0 saturated carbocycles. The summed E-state index contributed by atoms with van der Waals surface area (Å²) >= 11 is 0. The van der Waals surface area contributed by atoms with Crippen LogP contribution < -0.4 is 4.89 Å². The zero-order chi connectivity index (χ0) is 43.6. The second kappa shape index (κ2) is 42.1. The molecule has 0 heterocycles. The van der Waals surface area contributed by atoms with Gasteiger partial charge in [0, 0.05) is 12.8 Å². The maximum Gasteiger partial charge on any atom is 0.306 e. The van der Waals surface area contributed by atoms with Crippen LogP contribution in [0.15, 0.2) is 12.2 Å². The fourth-order valence-electron chi connectivity index (χ4n) is 7.12. The van der Waals surface area contributed by atoms with Gasteiger partial charge in [-0.25, -0.2) is 0 Å². The topological polar surface area (TPSA) is 111 Å². The normalized spacial score (nSPS) is 13.5. The molecule has 0 N–H and O–H groups in total. The van der Waals surface area contributed by atoms with E-state index in [1.807, 2.05) is 21.1 Å². The number of phosphoric acid groups is 1. The Morgan fingerprint density at radius 2 is 0.864 bits per heavy atom. The van der Waals surface area contributed by atoms with Crippen LogP contribution in [0.25, 0.3) is 0 Å². The lowest BCUT2D eigenvalue weighted by Crippen LogP contribution is -2.37. The van der Waals surface area contributed by atoms with Crippen LogP contribution in [0.1, 0.15) is 239 Å². The molecule has 0 aromatic heterocycles. The fraction of sp³-hybridized carbons (Fsp3) is 0.918. The first-order valence-corrected chi connectivity index (χ1v) is 26.4. The van der Waals surface area contributed by atoms with Crippen LogP contribution in [0.2, 0.25) is 0 Å². The number of likely N-dealkylation sites (N-methyl/N-ethyl adjacent to an activating group) is 1. The SMILES string of the molecule is CCCCCCCC/C=C\CCCCCCCCCC(=O)OC[C@H](COP(=O)([O-])OCC[N+](C)(C)C)OC(=O)CCCCCCCCCCCCCCCCCCCC. The van der Waals surface area contributed by atoms with Crippen LogP contribution in [0.3, 0.4) is 0 Å². The van der Waals surface area contributed by atoms with E-state index < -0.39 is 26.5 Å². The fourth-order valence-corrected chi connectivity index (χ4v) is 7.85. The minimum absolute atomic E-state index is 0.0280. The van der Waals surface area contributed by atoms with E-state index in [4.69, 9.17) is 18.5 Å². The molecule has 0 radical (unpaired) electrons. The second-order valence-electron chi connectivity index (χ2n) is 18.2. The maximum absolute atomic E-state index is 12.7. The van der Waals surface area contributed by atoms with Crippen molar-refractivity contribution in [2.75, 3.05) is 47.5 Å². The van der Waals surface area contributed by atoms with E-state index in [0.29, 0.717) is 17.4 Å². The van der Waals surface area contributed by atoms with Crippen molar-refractivity contribution in [1.82, 2.24) is 0 Å². The van der Waals surface area contributed by atoms with Crippen molar-refractivity contribution >= 4 is 19.8 Å². The van der Waals surface area contributed by atoms with Gasteiger partial charge in [-0.1, -0.05) is 199 Å². The lowest BCUT2D eigenvalue weighted by atomic mass is 10.0. The first-order chi connectivity index (χ1) is 28.5. The Labute approximate surface area is 365 Å². The lowest BCUT2D eigenvalue weighted by molar-refractivity contribution is -0.870. The monoisotopic (exact) mass is 858 g/mol. The number of phosphoric ester groups is 1. The third-order valence-electron chi connectivity index (χ3n) is 11.0. The highest BCUT2D eigenvalue weighted by atomic mass is 31.2. The number of carbonyl (C=O) groups is 2. The van der Waals surface area contributed by atoms with E-state index in [1.54, 1.807) is 0 Å². The van der Waals surface area contributed by atoms with Gasteiger partial charge in [0.05, 0.1) is 27.7 Å². The number of nitrogens with zero attached hydrogens (tertiary/aromatic N) is 1. The van der Waals surface area contributed by atoms with Gasteiger partial charge in [0.15, 0.2) is 6.10 Å². The third-order valence-corrected chi connectivity index (χ3v) is 12.0. The molecule has 350 valence electrons. The Morgan fingerprint density at radius 1 is 0.508 bits per heavy atom. The molecule has 0 aromatic rings. The molecule has 2 atom stereocenters. The molecule has 0 aliphatic heterocycles. The summed E-state index contributed by atoms with van der Waals surface area (Å²) in [7, 11) is 1.18. The average Bonchev–Trinajstić information content (AvgIpc) is 3.19. The Bertz CT molecular complexity index is 1020. The van der Waals surface area contributed by atoms with Crippen molar-refractivity contribution < 1.29 is 42.1 Å². The van der Waals surface area contributed by atoms with Crippen molar-refractivity contribution in [3.05, 3.63) is 12.2 Å². The molecule has 9 nitrogen and oxygen atoms in total. The Hall–Kier alpha value is -1.25. The van der Waals surface area contributed by atoms with Crippen molar-refractivity contribution in [3.63, 3.8) is 0 Å². The van der Waals surface area contributed by atoms with E-state index in [2.05, 4.69) is 26.0 Å². The molecule has 59 heavy (non-hydrogen) atoms. The van der Waals surface area contributed by atoms with Gasteiger partial charge in [0.1, 0.15) is 19.8 Å². The van der Waals surface area contributed by atoms with Gasteiger partial charge in [0.2, 0.25) is 0 Å². The summed E-state index contributed by atoms with van der Waals surface area (Å²) in [5.41, 5.74) is 0. The number of carbonyl (C=O) groups excluding carboxylic acids is 2. The number of esters is 2. The number of hydrogen-bond donors (Lipinski definition) is 0. The molecule has 0 bridgehead atoms. The molecule has 0 aliphatic carbocycles. The molecule has 0 saturated heterocycles. The predicted octanol–water partition coefficient (Wildman–Crippen LogP) is 13.9. The molecule has 10 heteroatoms. The van der Waals surface area contributed by atoms with Gasteiger partial charge >= 0.3 is 11.9 Å². The van der Waals surface area contributed by atoms with E-state index in [0.717, 1.165) is 38.5 Å². The summed E-state index contributed by atoms with van der Waals surface area (Å²) in [6.07, 6.45) is 45.2. The minimum atomic E-state index is -4.62. The zero-order valence-corrected chi connectivity index (χ0v) is 40.4. The number of hydrogen-bond acceptors (Lipinski definition) is 8. The largest absolute Gasteiger partial charge is 0.756 e. The van der Waals surface area contributed by atoms with E-state index >= 15 is 0 Å². The maximum atomic E-state index is 12.7. The van der Waals surface area contributed by atoms with E-state index in [1.165, 1.54) is 167 Å². The Kier molecular flexibility index (Phi) is 41.2. The highest BCUT2D eigenvalue weighted by molar-refractivity contribution is 7.45. The van der Waals surface area contributed by atoms with Crippen LogP contribution in [0.5, 0.6) is 0 Å². The van der Waals surface area contributed by atoms with Crippen molar-refractivity contribution in [2.45, 2.75) is 245 Å². The quantitative estimate of drug-likeness (QED) is 0.0196. The Balaban J connectivity index is 4.25. The Morgan fingerprint density at radius 3 is 1.25 bits per heavy atom. The van der Waals surface area contributed by atoms with Gasteiger partial charge < -0.3 is 27.9 Å². The highest BCUT2D eigenvalue weighted by Gasteiger charge is 2.21. The molecular weight excluding hydrogens is 762 g/mol. The van der Waals surface area contributed by atoms with Gasteiger partial charge in [-0.2, -0.15) is 0 Å². The van der Waals surface area contributed by atoms with Crippen LogP contribution in [-0.4, -0.2) is 70.0 Å². The summed E-state index contributed by atoms with van der Waals surface area (Å²) in [5, 5.41) is 0. The smallest absolute Gasteiger partial charge is 0.306 e. The van der Waals surface area contributed by atoms with Gasteiger partial charge in [-0.3, -0.25) is 14.2 Å². The number of unbranched alkanes of at least 4 members (excludes halogenated alkanes) is 30. The summed E-state index contributed by atoms with van der Waals surface area (Å²) in [6, 6.07) is 0. The molecule has 0 amide bonds. The molecule has 0 aromatic carbocycles. The molecule has 1 unspecified atom stereocenters. The number of quaternary nitrogens is 1. The van der Waals surface area contributed by atoms with Crippen LogP contribution in [0.4, 0.5) is 0 Å². The second-order valence-corrected chi connectivity index (χ2v) is 19.6. The molecule has 0 aliphatic rings. The minimum Gasteiger partial charge on any atom is -0.756 e.